The predicted molar refractivity (Wildman–Crippen MR) is 147 cm³/mol. The normalized spacial score (nSPS) is 10.3. The van der Waals surface area contributed by atoms with Gasteiger partial charge in [-0.1, -0.05) is 25.3 Å². The highest BCUT2D eigenvalue weighted by Gasteiger charge is 2.22. The van der Waals surface area contributed by atoms with Crippen LogP contribution in [-0.2, 0) is 5.75 Å². The van der Waals surface area contributed by atoms with Crippen LogP contribution in [0, 0.1) is 30.6 Å². The number of nitrogens with zero attached hydrogens (tertiary/aromatic N) is 4. The summed E-state index contributed by atoms with van der Waals surface area (Å²) in [6.07, 6.45) is 0. The molecule has 0 spiro atoms. The number of aryl methyl sites for hydroxylation is 1. The highest BCUT2D eigenvalue weighted by Crippen LogP contribution is 2.42. The maximum atomic E-state index is 14.7. The van der Waals surface area contributed by atoms with Crippen molar-refractivity contribution in [1.82, 2.24) is 9.97 Å². The first-order valence-corrected chi connectivity index (χ1v) is 12.3. The summed E-state index contributed by atoms with van der Waals surface area (Å²) in [6.45, 7) is 9.04. The van der Waals surface area contributed by atoms with Crippen molar-refractivity contribution >= 4 is 23.3 Å². The van der Waals surface area contributed by atoms with Crippen LogP contribution in [0.3, 0.4) is 0 Å². The molecule has 0 fully saturated rings. The second-order valence-corrected chi connectivity index (χ2v) is 8.84. The number of nitriles is 1. The molecular formula is C28H26FN5O4S. The van der Waals surface area contributed by atoms with Crippen LogP contribution in [0.2, 0.25) is 0 Å². The van der Waals surface area contributed by atoms with Gasteiger partial charge in [0.15, 0.2) is 11.6 Å². The molecule has 2 heterocycles. The van der Waals surface area contributed by atoms with Gasteiger partial charge in [-0.3, -0.25) is 0 Å². The smallest absolute Gasteiger partial charge is 0.236 e. The topological polar surface area (TPSA) is 132 Å². The van der Waals surface area contributed by atoms with Crippen molar-refractivity contribution in [3.05, 3.63) is 76.7 Å². The molecule has 39 heavy (non-hydrogen) atoms. The van der Waals surface area contributed by atoms with Gasteiger partial charge in [-0.2, -0.15) is 5.26 Å². The molecule has 0 saturated carbocycles. The monoisotopic (exact) mass is 547 g/mol. The minimum absolute atomic E-state index is 0. The Morgan fingerprint density at radius 2 is 1.92 bits per heavy atom. The molecule has 4 rings (SSSR count). The van der Waals surface area contributed by atoms with Crippen LogP contribution in [0.15, 0.2) is 51.9 Å². The van der Waals surface area contributed by atoms with E-state index in [9.17, 15) is 9.65 Å². The SMILES string of the molecule is C.[C-]#[N+]c1c(N)nc(SCc2nc(-c3ccc(OC)cc3)oc2C)c(C#N)c1-c1ccc(OCCO)c(F)c1. The second-order valence-electron chi connectivity index (χ2n) is 7.88. The fraction of sp³-hybridized carbons (Fsp3) is 0.214. The van der Waals surface area contributed by atoms with Gasteiger partial charge in [-0.05, 0) is 48.9 Å². The number of anilines is 1. The van der Waals surface area contributed by atoms with E-state index in [1.165, 1.54) is 23.9 Å². The number of hydrogen-bond donors (Lipinski definition) is 2. The fourth-order valence-electron chi connectivity index (χ4n) is 3.66. The third-order valence-corrected chi connectivity index (χ3v) is 6.52. The summed E-state index contributed by atoms with van der Waals surface area (Å²) in [6, 6.07) is 13.5. The molecule has 0 radical (unpaired) electrons. The molecule has 0 aliphatic carbocycles. The predicted octanol–water partition coefficient (Wildman–Crippen LogP) is 6.16. The quantitative estimate of drug-likeness (QED) is 0.187. The third kappa shape index (κ3) is 6.12. The Balaban J connectivity index is 0.00000420. The summed E-state index contributed by atoms with van der Waals surface area (Å²) < 4.78 is 30.9. The van der Waals surface area contributed by atoms with Gasteiger partial charge in [0.2, 0.25) is 11.6 Å². The zero-order valence-corrected chi connectivity index (χ0v) is 21.3. The van der Waals surface area contributed by atoms with Crippen molar-refractivity contribution in [2.24, 2.45) is 0 Å². The van der Waals surface area contributed by atoms with Gasteiger partial charge in [0, 0.05) is 16.9 Å². The standard InChI is InChI=1S/C27H22FN5O4S.CH4/c1-15-21(32-26(37-15)16-4-7-18(35-3)8-5-16)14-38-27-19(13-29)23(24(31-2)25(30)33-27)17-6-9-22(20(28)12-17)36-11-10-34;/h4-9,12,34H,10-11,14H2,1,3H3,(H2,30,33);1H4. The largest absolute Gasteiger partial charge is 0.497 e. The maximum absolute atomic E-state index is 14.7. The lowest BCUT2D eigenvalue weighted by atomic mass is 9.99. The molecule has 0 saturated heterocycles. The lowest BCUT2D eigenvalue weighted by Gasteiger charge is -2.14. The number of methoxy groups -OCH3 is 1. The van der Waals surface area contributed by atoms with E-state index < -0.39 is 5.82 Å². The Kier molecular flexibility index (Phi) is 9.50. The van der Waals surface area contributed by atoms with Crippen molar-refractivity contribution in [3.63, 3.8) is 0 Å². The molecule has 2 aromatic heterocycles. The van der Waals surface area contributed by atoms with E-state index in [0.717, 1.165) is 11.6 Å². The van der Waals surface area contributed by atoms with Gasteiger partial charge in [0.25, 0.3) is 0 Å². The molecule has 9 nitrogen and oxygen atoms in total. The van der Waals surface area contributed by atoms with Crippen molar-refractivity contribution in [1.29, 1.82) is 5.26 Å². The van der Waals surface area contributed by atoms with Gasteiger partial charge in [-0.25, -0.2) is 19.2 Å². The molecule has 0 bridgehead atoms. The number of benzene rings is 2. The van der Waals surface area contributed by atoms with E-state index in [4.69, 9.17) is 31.3 Å². The van der Waals surface area contributed by atoms with Crippen molar-refractivity contribution in [2.45, 2.75) is 25.1 Å². The highest BCUT2D eigenvalue weighted by atomic mass is 32.2. The van der Waals surface area contributed by atoms with Crippen LogP contribution >= 0.6 is 11.8 Å². The molecule has 0 aliphatic heterocycles. The molecule has 11 heteroatoms. The summed E-state index contributed by atoms with van der Waals surface area (Å²) in [5.74, 6) is 1.23. The van der Waals surface area contributed by atoms with Crippen LogP contribution in [0.25, 0.3) is 27.4 Å². The minimum atomic E-state index is -0.704. The summed E-state index contributed by atoms with van der Waals surface area (Å²) in [7, 11) is 1.59. The molecule has 3 N–H and O–H groups in total. The molecule has 4 aromatic rings. The number of oxazole rings is 1. The highest BCUT2D eigenvalue weighted by molar-refractivity contribution is 7.98. The van der Waals surface area contributed by atoms with Gasteiger partial charge < -0.3 is 24.7 Å². The Hall–Kier alpha value is -4.58. The first-order chi connectivity index (χ1) is 18.4. The number of nitrogens with two attached hydrogens (primary N) is 1. The average Bonchev–Trinajstić information content (AvgIpc) is 3.30. The fourth-order valence-corrected chi connectivity index (χ4v) is 4.65. The molecule has 0 aliphatic rings. The van der Waals surface area contributed by atoms with E-state index in [1.807, 2.05) is 24.3 Å². The van der Waals surface area contributed by atoms with Gasteiger partial charge in [-0.15, -0.1) is 0 Å². The number of ether oxygens (including phenoxy) is 2. The molecule has 0 atom stereocenters. The number of aliphatic hydroxyl groups excluding tert-OH is 1. The first kappa shape index (κ1) is 29.0. The molecule has 0 unspecified atom stereocenters. The molecule has 2 aromatic carbocycles. The summed E-state index contributed by atoms with van der Waals surface area (Å²) in [4.78, 5) is 12.3. The van der Waals surface area contributed by atoms with Gasteiger partial charge >= 0.3 is 0 Å². The lowest BCUT2D eigenvalue weighted by Crippen LogP contribution is -2.03. The van der Waals surface area contributed by atoms with E-state index in [1.54, 1.807) is 14.0 Å². The Bertz CT molecular complexity index is 1560. The van der Waals surface area contributed by atoms with E-state index >= 15 is 0 Å². The summed E-state index contributed by atoms with van der Waals surface area (Å²) >= 11 is 1.21. The minimum Gasteiger partial charge on any atom is -0.497 e. The van der Waals surface area contributed by atoms with Crippen LogP contribution in [-0.4, -0.2) is 35.4 Å². The number of thioether (sulfide) groups is 1. The number of pyridine rings is 1. The number of nitrogen functional groups attached to an aromatic ring is 1. The van der Waals surface area contributed by atoms with Gasteiger partial charge in [0.1, 0.15) is 35.0 Å². The third-order valence-electron chi connectivity index (χ3n) is 5.53. The van der Waals surface area contributed by atoms with Crippen LogP contribution < -0.4 is 15.2 Å². The molecular weight excluding hydrogens is 521 g/mol. The van der Waals surface area contributed by atoms with E-state index in [-0.39, 0.29) is 59.6 Å². The number of hydrogen-bond acceptors (Lipinski definition) is 9. The van der Waals surface area contributed by atoms with Gasteiger partial charge in [0.05, 0.1) is 31.5 Å². The van der Waals surface area contributed by atoms with Crippen molar-refractivity contribution < 1.29 is 23.4 Å². The van der Waals surface area contributed by atoms with Crippen LogP contribution in [0.4, 0.5) is 15.9 Å². The van der Waals surface area contributed by atoms with E-state index in [0.29, 0.717) is 28.8 Å². The summed E-state index contributed by atoms with van der Waals surface area (Å²) in [5, 5.41) is 19.2. The lowest BCUT2D eigenvalue weighted by molar-refractivity contribution is 0.196. The average molecular weight is 548 g/mol. The maximum Gasteiger partial charge on any atom is 0.236 e. The Morgan fingerprint density at radius 3 is 2.54 bits per heavy atom. The molecule has 200 valence electrons. The zero-order chi connectivity index (χ0) is 27.2. The van der Waals surface area contributed by atoms with Crippen LogP contribution in [0.5, 0.6) is 11.5 Å². The Morgan fingerprint density at radius 1 is 1.21 bits per heavy atom. The van der Waals surface area contributed by atoms with E-state index in [2.05, 4.69) is 20.9 Å². The first-order valence-electron chi connectivity index (χ1n) is 11.3. The zero-order valence-electron chi connectivity index (χ0n) is 20.5. The number of halogens is 1. The van der Waals surface area contributed by atoms with Crippen molar-refractivity contribution in [2.75, 3.05) is 26.1 Å². The molecule has 0 amide bonds. The second kappa shape index (κ2) is 12.8. The number of rotatable bonds is 9. The summed E-state index contributed by atoms with van der Waals surface area (Å²) in [5.41, 5.74) is 8.02. The number of aliphatic hydroxyl groups is 1. The van der Waals surface area contributed by atoms with Crippen molar-refractivity contribution in [3.8, 4) is 40.1 Å². The Labute approximate surface area is 229 Å². The number of aromatic nitrogens is 2. The van der Waals surface area contributed by atoms with Crippen LogP contribution in [0.1, 0.15) is 24.4 Å².